The Morgan fingerprint density at radius 2 is 1.62 bits per heavy atom. The van der Waals surface area contributed by atoms with Crippen molar-refractivity contribution in [1.82, 2.24) is 9.21 Å². The molecule has 0 aliphatic carbocycles. The van der Waals surface area contributed by atoms with Crippen molar-refractivity contribution in [3.05, 3.63) is 59.9 Å². The average Bonchev–Trinajstić information content (AvgIpc) is 2.68. The molecule has 0 spiro atoms. The Hall–Kier alpha value is -1.90. The van der Waals surface area contributed by atoms with E-state index in [0.717, 1.165) is 17.0 Å². The number of thioether (sulfide) groups is 1. The van der Waals surface area contributed by atoms with Gasteiger partial charge in [0.15, 0.2) is 0 Å². The van der Waals surface area contributed by atoms with Crippen LogP contribution in [0.2, 0.25) is 0 Å². The van der Waals surface area contributed by atoms with Crippen LogP contribution in [0.25, 0.3) is 0 Å². The van der Waals surface area contributed by atoms with Crippen LogP contribution in [0.3, 0.4) is 0 Å². The van der Waals surface area contributed by atoms with Crippen LogP contribution in [0.4, 0.5) is 4.39 Å². The van der Waals surface area contributed by atoms with Crippen LogP contribution in [0.15, 0.2) is 58.3 Å². The molecule has 0 saturated carbocycles. The number of halogens is 1. The van der Waals surface area contributed by atoms with Crippen molar-refractivity contribution >= 4 is 27.7 Å². The predicted octanol–water partition coefficient (Wildman–Crippen LogP) is 2.69. The first-order chi connectivity index (χ1) is 12.4. The van der Waals surface area contributed by atoms with E-state index in [-0.39, 0.29) is 23.9 Å². The summed E-state index contributed by atoms with van der Waals surface area (Å²) in [6.07, 6.45) is 1.92. The fraction of sp³-hybridized carbons (Fsp3) is 0.278. The summed E-state index contributed by atoms with van der Waals surface area (Å²) in [6.45, 7) is 1.07. The van der Waals surface area contributed by atoms with E-state index in [1.165, 1.54) is 28.2 Å². The second-order valence-corrected chi connectivity index (χ2v) is 8.64. The molecule has 0 aromatic heterocycles. The average molecular weight is 394 g/mol. The molecule has 0 unspecified atom stereocenters. The zero-order chi connectivity index (χ0) is 18.7. The van der Waals surface area contributed by atoms with Gasteiger partial charge in [-0.25, -0.2) is 12.8 Å². The summed E-state index contributed by atoms with van der Waals surface area (Å²) in [4.78, 5) is 15.4. The second-order valence-electron chi connectivity index (χ2n) is 5.85. The number of nitrogens with zero attached hydrogens (tertiary/aromatic N) is 2. The van der Waals surface area contributed by atoms with E-state index in [9.17, 15) is 17.6 Å². The monoisotopic (exact) mass is 394 g/mol. The largest absolute Gasteiger partial charge is 0.336 e. The molecule has 1 saturated heterocycles. The highest BCUT2D eigenvalue weighted by molar-refractivity contribution is 7.98. The molecule has 0 radical (unpaired) electrons. The Kier molecular flexibility index (Phi) is 5.64. The molecule has 1 heterocycles. The third kappa shape index (κ3) is 3.77. The van der Waals surface area contributed by atoms with Crippen LogP contribution in [0.5, 0.6) is 0 Å². The standard InChI is InChI=1S/C18H19FN2O3S2/c1-25-17-5-3-2-4-16(17)18(22)20-10-12-21(13-11-20)26(23,24)15-8-6-14(19)7-9-15/h2-9H,10-13H2,1H3. The molecule has 5 nitrogen and oxygen atoms in total. The minimum Gasteiger partial charge on any atom is -0.336 e. The maximum atomic E-state index is 13.0. The van der Waals surface area contributed by atoms with Gasteiger partial charge in [0.05, 0.1) is 10.5 Å². The van der Waals surface area contributed by atoms with Gasteiger partial charge in [0, 0.05) is 31.1 Å². The molecule has 1 fully saturated rings. The fourth-order valence-corrected chi connectivity index (χ4v) is 4.89. The van der Waals surface area contributed by atoms with E-state index < -0.39 is 15.8 Å². The van der Waals surface area contributed by atoms with Gasteiger partial charge in [0.25, 0.3) is 5.91 Å². The van der Waals surface area contributed by atoms with Gasteiger partial charge in [-0.3, -0.25) is 4.79 Å². The number of carbonyl (C=O) groups excluding carboxylic acids is 1. The minimum absolute atomic E-state index is 0.0615. The molecule has 1 aliphatic heterocycles. The maximum Gasteiger partial charge on any atom is 0.255 e. The molecule has 8 heteroatoms. The smallest absolute Gasteiger partial charge is 0.255 e. The van der Waals surface area contributed by atoms with Crippen molar-refractivity contribution in [3.63, 3.8) is 0 Å². The molecule has 0 bridgehead atoms. The number of hydrogen-bond acceptors (Lipinski definition) is 4. The maximum absolute atomic E-state index is 13.0. The van der Waals surface area contributed by atoms with Crippen molar-refractivity contribution in [2.45, 2.75) is 9.79 Å². The van der Waals surface area contributed by atoms with Crippen LogP contribution in [0.1, 0.15) is 10.4 Å². The first kappa shape index (κ1) is 18.9. The third-order valence-corrected chi connectivity index (χ3v) is 7.02. The number of rotatable bonds is 4. The van der Waals surface area contributed by atoms with Gasteiger partial charge < -0.3 is 4.90 Å². The number of benzene rings is 2. The van der Waals surface area contributed by atoms with Crippen molar-refractivity contribution in [3.8, 4) is 0 Å². The van der Waals surface area contributed by atoms with E-state index in [2.05, 4.69) is 0 Å². The molecule has 2 aromatic carbocycles. The molecule has 0 N–H and O–H groups in total. The lowest BCUT2D eigenvalue weighted by atomic mass is 10.2. The zero-order valence-electron chi connectivity index (χ0n) is 14.3. The number of piperazine rings is 1. The Bertz CT molecular complexity index is 893. The topological polar surface area (TPSA) is 57.7 Å². The predicted molar refractivity (Wildman–Crippen MR) is 99.3 cm³/mol. The Balaban J connectivity index is 1.71. The summed E-state index contributed by atoms with van der Waals surface area (Å²) < 4.78 is 39.6. The van der Waals surface area contributed by atoms with Gasteiger partial charge in [-0.1, -0.05) is 12.1 Å². The fourth-order valence-electron chi connectivity index (χ4n) is 2.88. The van der Waals surface area contributed by atoms with E-state index in [1.807, 2.05) is 24.5 Å². The molecule has 1 aliphatic rings. The van der Waals surface area contributed by atoms with Gasteiger partial charge in [-0.05, 0) is 42.7 Å². The van der Waals surface area contributed by atoms with E-state index in [0.29, 0.717) is 18.7 Å². The summed E-state index contributed by atoms with van der Waals surface area (Å²) in [5.74, 6) is -0.569. The van der Waals surface area contributed by atoms with Crippen molar-refractivity contribution in [2.75, 3.05) is 32.4 Å². The first-order valence-corrected chi connectivity index (χ1v) is 10.8. The van der Waals surface area contributed by atoms with Gasteiger partial charge in [0.1, 0.15) is 5.82 Å². The summed E-state index contributed by atoms with van der Waals surface area (Å²) in [5, 5.41) is 0. The molecule has 0 atom stereocenters. The van der Waals surface area contributed by atoms with Crippen molar-refractivity contribution in [1.29, 1.82) is 0 Å². The van der Waals surface area contributed by atoms with Crippen LogP contribution >= 0.6 is 11.8 Å². The third-order valence-electron chi connectivity index (χ3n) is 4.31. The Morgan fingerprint density at radius 1 is 1.00 bits per heavy atom. The second kappa shape index (κ2) is 7.77. The lowest BCUT2D eigenvalue weighted by Gasteiger charge is -2.34. The van der Waals surface area contributed by atoms with Crippen molar-refractivity contribution in [2.24, 2.45) is 0 Å². The summed E-state index contributed by atoms with van der Waals surface area (Å²) in [7, 11) is -3.68. The molecular formula is C18H19FN2O3S2. The Labute approximate surface area is 156 Å². The van der Waals surface area contributed by atoms with Crippen LogP contribution in [0, 0.1) is 5.82 Å². The summed E-state index contributed by atoms with van der Waals surface area (Å²) >= 11 is 1.51. The van der Waals surface area contributed by atoms with E-state index >= 15 is 0 Å². The zero-order valence-corrected chi connectivity index (χ0v) is 15.9. The number of amides is 1. The highest BCUT2D eigenvalue weighted by Crippen LogP contribution is 2.23. The van der Waals surface area contributed by atoms with E-state index in [1.54, 1.807) is 11.0 Å². The summed E-state index contributed by atoms with van der Waals surface area (Å²) in [6, 6.07) is 12.2. The normalized spacial score (nSPS) is 15.8. The number of carbonyl (C=O) groups is 1. The SMILES string of the molecule is CSc1ccccc1C(=O)N1CCN(S(=O)(=O)c2ccc(F)cc2)CC1. The van der Waals surface area contributed by atoms with Crippen LogP contribution < -0.4 is 0 Å². The number of sulfonamides is 1. The minimum atomic E-state index is -3.68. The van der Waals surface area contributed by atoms with Gasteiger partial charge >= 0.3 is 0 Å². The highest BCUT2D eigenvalue weighted by Gasteiger charge is 2.30. The lowest BCUT2D eigenvalue weighted by molar-refractivity contribution is 0.0694. The molecule has 2 aromatic rings. The molecular weight excluding hydrogens is 375 g/mol. The molecule has 1 amide bonds. The lowest BCUT2D eigenvalue weighted by Crippen LogP contribution is -2.50. The quantitative estimate of drug-likeness (QED) is 0.748. The summed E-state index contributed by atoms with van der Waals surface area (Å²) in [5.41, 5.74) is 0.634. The first-order valence-electron chi connectivity index (χ1n) is 8.11. The van der Waals surface area contributed by atoms with Crippen molar-refractivity contribution < 1.29 is 17.6 Å². The molecule has 3 rings (SSSR count). The van der Waals surface area contributed by atoms with Crippen LogP contribution in [-0.2, 0) is 10.0 Å². The Morgan fingerprint density at radius 3 is 2.23 bits per heavy atom. The molecule has 138 valence electrons. The van der Waals surface area contributed by atoms with Crippen LogP contribution in [-0.4, -0.2) is 56.0 Å². The van der Waals surface area contributed by atoms with Gasteiger partial charge in [0.2, 0.25) is 10.0 Å². The van der Waals surface area contributed by atoms with Gasteiger partial charge in [-0.15, -0.1) is 11.8 Å². The number of hydrogen-bond donors (Lipinski definition) is 0. The highest BCUT2D eigenvalue weighted by atomic mass is 32.2. The molecule has 26 heavy (non-hydrogen) atoms. The van der Waals surface area contributed by atoms with Gasteiger partial charge in [-0.2, -0.15) is 4.31 Å². The van der Waals surface area contributed by atoms with E-state index in [4.69, 9.17) is 0 Å².